The molecule has 0 bridgehead atoms. The van der Waals surface area contributed by atoms with Crippen LogP contribution >= 0.6 is 11.6 Å². The van der Waals surface area contributed by atoms with E-state index >= 15 is 0 Å². The molecule has 0 amide bonds. The van der Waals surface area contributed by atoms with E-state index in [1.165, 1.54) is 12.1 Å². The SMILES string of the molecule is Cn1c(CCl)cnc1-c1ccc(F)cc1. The number of benzene rings is 1. The minimum atomic E-state index is -0.245. The third-order valence-electron chi connectivity index (χ3n) is 2.32. The summed E-state index contributed by atoms with van der Waals surface area (Å²) in [5.74, 6) is 0.973. The molecule has 0 spiro atoms. The molecule has 2 rings (SSSR count). The summed E-state index contributed by atoms with van der Waals surface area (Å²) in [5.41, 5.74) is 1.83. The van der Waals surface area contributed by atoms with E-state index in [2.05, 4.69) is 4.98 Å². The van der Waals surface area contributed by atoms with E-state index in [0.29, 0.717) is 5.88 Å². The predicted molar refractivity (Wildman–Crippen MR) is 58.2 cm³/mol. The van der Waals surface area contributed by atoms with Gasteiger partial charge in [-0.15, -0.1) is 11.6 Å². The van der Waals surface area contributed by atoms with E-state index in [1.807, 2.05) is 11.6 Å². The second-order valence-corrected chi connectivity index (χ2v) is 3.54. The zero-order valence-electron chi connectivity index (χ0n) is 8.24. The first-order valence-corrected chi connectivity index (χ1v) is 5.08. The highest BCUT2D eigenvalue weighted by Gasteiger charge is 2.07. The molecule has 1 aromatic heterocycles. The van der Waals surface area contributed by atoms with Crippen molar-refractivity contribution in [2.75, 3.05) is 0 Å². The molecule has 0 N–H and O–H groups in total. The van der Waals surface area contributed by atoms with Crippen molar-refractivity contribution >= 4 is 11.6 Å². The van der Waals surface area contributed by atoms with Crippen molar-refractivity contribution in [3.63, 3.8) is 0 Å². The van der Waals surface area contributed by atoms with Crippen LogP contribution in [0, 0.1) is 5.82 Å². The van der Waals surface area contributed by atoms with Crippen LogP contribution in [-0.4, -0.2) is 9.55 Å². The smallest absolute Gasteiger partial charge is 0.139 e. The van der Waals surface area contributed by atoms with E-state index in [9.17, 15) is 4.39 Å². The van der Waals surface area contributed by atoms with Gasteiger partial charge in [0, 0.05) is 12.6 Å². The van der Waals surface area contributed by atoms with Gasteiger partial charge in [0.2, 0.25) is 0 Å². The van der Waals surface area contributed by atoms with Gasteiger partial charge in [0.15, 0.2) is 0 Å². The zero-order valence-corrected chi connectivity index (χ0v) is 9.00. The van der Waals surface area contributed by atoms with Crippen molar-refractivity contribution < 1.29 is 4.39 Å². The van der Waals surface area contributed by atoms with Gasteiger partial charge in [0.1, 0.15) is 11.6 Å². The Hall–Kier alpha value is -1.35. The molecule has 0 aliphatic heterocycles. The Morgan fingerprint density at radius 2 is 2.00 bits per heavy atom. The fourth-order valence-electron chi connectivity index (χ4n) is 1.44. The maximum absolute atomic E-state index is 12.7. The number of halogens is 2. The number of nitrogens with zero attached hydrogens (tertiary/aromatic N) is 2. The Balaban J connectivity index is 2.45. The van der Waals surface area contributed by atoms with Gasteiger partial charge in [0.25, 0.3) is 0 Å². The number of aromatic nitrogens is 2. The van der Waals surface area contributed by atoms with Gasteiger partial charge in [-0.3, -0.25) is 0 Å². The third kappa shape index (κ3) is 1.88. The summed E-state index contributed by atoms with van der Waals surface area (Å²) in [6.07, 6.45) is 1.73. The molecule has 0 aliphatic carbocycles. The van der Waals surface area contributed by atoms with Crippen LogP contribution in [0.1, 0.15) is 5.69 Å². The molecule has 0 atom stereocenters. The molecule has 0 saturated carbocycles. The second-order valence-electron chi connectivity index (χ2n) is 3.27. The summed E-state index contributed by atoms with van der Waals surface area (Å²) in [6.45, 7) is 0. The molecule has 4 heteroatoms. The monoisotopic (exact) mass is 224 g/mol. The van der Waals surface area contributed by atoms with Gasteiger partial charge in [-0.1, -0.05) is 0 Å². The molecule has 0 aliphatic rings. The molecule has 0 radical (unpaired) electrons. The molecule has 0 fully saturated rings. The highest BCUT2D eigenvalue weighted by molar-refractivity contribution is 6.16. The Morgan fingerprint density at radius 3 is 2.53 bits per heavy atom. The molecule has 0 saturated heterocycles. The van der Waals surface area contributed by atoms with Gasteiger partial charge in [-0.2, -0.15) is 0 Å². The van der Waals surface area contributed by atoms with E-state index in [0.717, 1.165) is 17.1 Å². The lowest BCUT2D eigenvalue weighted by Gasteiger charge is -2.03. The van der Waals surface area contributed by atoms with Gasteiger partial charge in [-0.25, -0.2) is 9.37 Å². The lowest BCUT2D eigenvalue weighted by atomic mass is 10.2. The minimum absolute atomic E-state index is 0.245. The van der Waals surface area contributed by atoms with Crippen LogP contribution in [-0.2, 0) is 12.9 Å². The van der Waals surface area contributed by atoms with Crippen LogP contribution in [0.4, 0.5) is 4.39 Å². The van der Waals surface area contributed by atoms with Crippen LogP contribution in [0.15, 0.2) is 30.5 Å². The molecule has 1 aromatic carbocycles. The Kier molecular flexibility index (Phi) is 2.73. The van der Waals surface area contributed by atoms with Crippen LogP contribution in [0.2, 0.25) is 0 Å². The maximum atomic E-state index is 12.7. The fraction of sp³-hybridized carbons (Fsp3) is 0.182. The number of hydrogen-bond acceptors (Lipinski definition) is 1. The first-order chi connectivity index (χ1) is 7.22. The number of hydrogen-bond donors (Lipinski definition) is 0. The Bertz CT molecular complexity index is 462. The van der Waals surface area contributed by atoms with E-state index in [1.54, 1.807) is 18.3 Å². The largest absolute Gasteiger partial charge is 0.330 e. The highest BCUT2D eigenvalue weighted by Crippen LogP contribution is 2.19. The fourth-order valence-corrected chi connectivity index (χ4v) is 1.68. The summed E-state index contributed by atoms with van der Waals surface area (Å²) in [5, 5.41) is 0. The van der Waals surface area contributed by atoms with Crippen LogP contribution < -0.4 is 0 Å². The average Bonchev–Trinajstić information content (AvgIpc) is 2.61. The molecule has 78 valence electrons. The van der Waals surface area contributed by atoms with Crippen molar-refractivity contribution in [2.24, 2.45) is 7.05 Å². The van der Waals surface area contributed by atoms with E-state index < -0.39 is 0 Å². The lowest BCUT2D eigenvalue weighted by Crippen LogP contribution is -1.96. The van der Waals surface area contributed by atoms with E-state index in [-0.39, 0.29) is 5.82 Å². The quantitative estimate of drug-likeness (QED) is 0.718. The average molecular weight is 225 g/mol. The number of alkyl halides is 1. The van der Waals surface area contributed by atoms with Crippen LogP contribution in [0.5, 0.6) is 0 Å². The number of rotatable bonds is 2. The van der Waals surface area contributed by atoms with Crippen molar-refractivity contribution in [3.8, 4) is 11.4 Å². The molecule has 0 unspecified atom stereocenters. The van der Waals surface area contributed by atoms with E-state index in [4.69, 9.17) is 11.6 Å². The molecule has 15 heavy (non-hydrogen) atoms. The lowest BCUT2D eigenvalue weighted by molar-refractivity contribution is 0.628. The molecule has 1 heterocycles. The first kappa shape index (κ1) is 10.2. The maximum Gasteiger partial charge on any atom is 0.139 e. The van der Waals surface area contributed by atoms with Crippen molar-refractivity contribution in [1.82, 2.24) is 9.55 Å². The summed E-state index contributed by atoms with van der Waals surface area (Å²) in [6, 6.07) is 6.25. The van der Waals surface area contributed by atoms with Crippen LogP contribution in [0.3, 0.4) is 0 Å². The predicted octanol–water partition coefficient (Wildman–Crippen LogP) is 2.97. The van der Waals surface area contributed by atoms with Gasteiger partial charge < -0.3 is 4.57 Å². The Morgan fingerprint density at radius 1 is 1.33 bits per heavy atom. The molecular formula is C11H10ClFN2. The van der Waals surface area contributed by atoms with Crippen LogP contribution in [0.25, 0.3) is 11.4 Å². The molecule has 2 nitrogen and oxygen atoms in total. The summed E-state index contributed by atoms with van der Waals surface area (Å²) >= 11 is 5.74. The zero-order chi connectivity index (χ0) is 10.8. The second kappa shape index (κ2) is 4.03. The standard InChI is InChI=1S/C11H10ClFN2/c1-15-10(6-12)7-14-11(15)8-2-4-9(13)5-3-8/h2-5,7H,6H2,1H3. The van der Waals surface area contributed by atoms with Crippen molar-refractivity contribution in [2.45, 2.75) is 5.88 Å². The van der Waals surface area contributed by atoms with Gasteiger partial charge >= 0.3 is 0 Å². The first-order valence-electron chi connectivity index (χ1n) is 4.55. The van der Waals surface area contributed by atoms with Crippen molar-refractivity contribution in [3.05, 3.63) is 42.0 Å². The normalized spacial score (nSPS) is 10.6. The minimum Gasteiger partial charge on any atom is -0.330 e. The molecule has 2 aromatic rings. The Labute approximate surface area is 92.3 Å². The summed E-state index contributed by atoms with van der Waals surface area (Å²) < 4.78 is 14.6. The van der Waals surface area contributed by atoms with Gasteiger partial charge in [0.05, 0.1) is 17.8 Å². The third-order valence-corrected chi connectivity index (χ3v) is 2.60. The number of imidazole rings is 1. The topological polar surface area (TPSA) is 17.8 Å². The summed E-state index contributed by atoms with van der Waals surface area (Å²) in [4.78, 5) is 4.24. The molecular weight excluding hydrogens is 215 g/mol. The summed E-state index contributed by atoms with van der Waals surface area (Å²) in [7, 11) is 1.89. The van der Waals surface area contributed by atoms with Crippen molar-refractivity contribution in [1.29, 1.82) is 0 Å². The highest BCUT2D eigenvalue weighted by atomic mass is 35.5. The van der Waals surface area contributed by atoms with Gasteiger partial charge in [-0.05, 0) is 24.3 Å².